The van der Waals surface area contributed by atoms with Crippen LogP contribution in [0.4, 0.5) is 5.13 Å². The van der Waals surface area contributed by atoms with E-state index in [4.69, 9.17) is 21.1 Å². The van der Waals surface area contributed by atoms with Crippen molar-refractivity contribution in [2.75, 3.05) is 18.1 Å². The number of nitrogens with zero attached hydrogens (tertiary/aromatic N) is 3. The number of carbonyl (C=O) groups excluding carboxylic acids is 2. The van der Waals surface area contributed by atoms with Crippen molar-refractivity contribution in [2.45, 2.75) is 40.2 Å². The molecule has 1 amide bonds. The zero-order chi connectivity index (χ0) is 26.7. The molecule has 0 aliphatic carbocycles. The number of ether oxygens (including phenoxy) is 2. The van der Waals surface area contributed by atoms with E-state index in [9.17, 15) is 14.7 Å². The van der Waals surface area contributed by atoms with Crippen LogP contribution in [0.3, 0.4) is 0 Å². The van der Waals surface area contributed by atoms with E-state index in [-0.39, 0.29) is 16.5 Å². The van der Waals surface area contributed by atoms with Crippen LogP contribution in [0.2, 0.25) is 5.02 Å². The summed E-state index contributed by atoms with van der Waals surface area (Å²) < 4.78 is 11.8. The SMILES string of the molecule is CCOc1cc(C2C(=C(O)c3ccc(Cl)cc3)C(=O)C(=O)N2c2nnc(C)s2)ccc1OCCC(C)C. The predicted molar refractivity (Wildman–Crippen MR) is 143 cm³/mol. The Morgan fingerprint density at radius 2 is 1.84 bits per heavy atom. The van der Waals surface area contributed by atoms with Crippen molar-refractivity contribution in [2.24, 2.45) is 5.92 Å². The van der Waals surface area contributed by atoms with Gasteiger partial charge in [-0.25, -0.2) is 0 Å². The highest BCUT2D eigenvalue weighted by Gasteiger charge is 2.48. The van der Waals surface area contributed by atoms with Gasteiger partial charge in [-0.15, -0.1) is 10.2 Å². The van der Waals surface area contributed by atoms with Gasteiger partial charge in [-0.3, -0.25) is 14.5 Å². The number of aliphatic hydroxyl groups is 1. The quantitative estimate of drug-likeness (QED) is 0.203. The van der Waals surface area contributed by atoms with E-state index < -0.39 is 17.7 Å². The first-order chi connectivity index (χ1) is 17.7. The number of Topliss-reactive ketones (excluding diaryl/α,β-unsaturated/α-hetero) is 1. The summed E-state index contributed by atoms with van der Waals surface area (Å²) in [6.45, 7) is 8.78. The Bertz CT molecular complexity index is 1340. The lowest BCUT2D eigenvalue weighted by molar-refractivity contribution is -0.132. The normalized spacial score (nSPS) is 17.0. The molecule has 0 bridgehead atoms. The second-order valence-corrected chi connectivity index (χ2v) is 10.5. The molecule has 0 saturated carbocycles. The van der Waals surface area contributed by atoms with Gasteiger partial charge in [-0.1, -0.05) is 42.9 Å². The number of rotatable bonds is 9. The Morgan fingerprint density at radius 1 is 1.11 bits per heavy atom. The van der Waals surface area contributed by atoms with Gasteiger partial charge in [-0.2, -0.15) is 0 Å². The average Bonchev–Trinajstić information content (AvgIpc) is 3.40. The zero-order valence-corrected chi connectivity index (χ0v) is 22.6. The first-order valence-corrected chi connectivity index (χ1v) is 13.2. The van der Waals surface area contributed by atoms with Crippen LogP contribution < -0.4 is 14.4 Å². The number of hydrogen-bond acceptors (Lipinski definition) is 8. The summed E-state index contributed by atoms with van der Waals surface area (Å²) in [5, 5.41) is 20.8. The largest absolute Gasteiger partial charge is 0.507 e. The van der Waals surface area contributed by atoms with Gasteiger partial charge < -0.3 is 14.6 Å². The number of benzene rings is 2. The van der Waals surface area contributed by atoms with Gasteiger partial charge in [0.1, 0.15) is 10.8 Å². The molecule has 37 heavy (non-hydrogen) atoms. The number of amides is 1. The molecule has 1 atom stereocenters. The number of aryl methyl sites for hydroxylation is 1. The predicted octanol–water partition coefficient (Wildman–Crippen LogP) is 5.95. The monoisotopic (exact) mass is 541 g/mol. The van der Waals surface area contributed by atoms with Gasteiger partial charge in [0.15, 0.2) is 11.5 Å². The van der Waals surface area contributed by atoms with Crippen LogP contribution in [0.1, 0.15) is 49.4 Å². The molecule has 1 aromatic heterocycles. The number of halogens is 1. The van der Waals surface area contributed by atoms with Gasteiger partial charge >= 0.3 is 5.91 Å². The molecule has 1 N–H and O–H groups in total. The van der Waals surface area contributed by atoms with Crippen LogP contribution >= 0.6 is 22.9 Å². The molecular formula is C27H28ClN3O5S. The summed E-state index contributed by atoms with van der Waals surface area (Å²) >= 11 is 7.19. The highest BCUT2D eigenvalue weighted by Crippen LogP contribution is 2.44. The van der Waals surface area contributed by atoms with Crippen molar-refractivity contribution in [3.05, 3.63) is 69.2 Å². The lowest BCUT2D eigenvalue weighted by atomic mass is 9.95. The fraction of sp³-hybridized carbons (Fsp3) is 0.333. The standard InChI is InChI=1S/C27H28ClN3O5S/c1-5-35-21-14-18(8-11-20(21)36-13-12-15(2)3)23-22(24(32)17-6-9-19(28)10-7-17)25(33)26(34)31(23)27-30-29-16(4)37-27/h6-11,14-15,23,32H,5,12-13H2,1-4H3. The maximum atomic E-state index is 13.3. The van der Waals surface area contributed by atoms with Gasteiger partial charge in [0.2, 0.25) is 5.13 Å². The van der Waals surface area contributed by atoms with E-state index in [0.717, 1.165) is 6.42 Å². The molecule has 4 rings (SSSR count). The summed E-state index contributed by atoms with van der Waals surface area (Å²) in [6.07, 6.45) is 0.880. The summed E-state index contributed by atoms with van der Waals surface area (Å²) in [7, 11) is 0. The minimum atomic E-state index is -0.952. The third-order valence-electron chi connectivity index (χ3n) is 5.82. The van der Waals surface area contributed by atoms with Crippen molar-refractivity contribution >= 4 is 45.5 Å². The number of ketones is 1. The zero-order valence-electron chi connectivity index (χ0n) is 21.0. The molecule has 1 unspecified atom stereocenters. The summed E-state index contributed by atoms with van der Waals surface area (Å²) in [6, 6.07) is 10.7. The van der Waals surface area contributed by atoms with Crippen LogP contribution in [0, 0.1) is 12.8 Å². The lowest BCUT2D eigenvalue weighted by Gasteiger charge is -2.24. The van der Waals surface area contributed by atoms with E-state index >= 15 is 0 Å². The maximum absolute atomic E-state index is 13.3. The molecule has 0 radical (unpaired) electrons. The number of aliphatic hydroxyl groups excluding tert-OH is 1. The molecule has 8 nitrogen and oxygen atoms in total. The third-order valence-corrected chi connectivity index (χ3v) is 6.91. The van der Waals surface area contributed by atoms with Gasteiger partial charge in [0.05, 0.1) is 24.8 Å². The average molecular weight is 542 g/mol. The highest BCUT2D eigenvalue weighted by atomic mass is 35.5. The highest BCUT2D eigenvalue weighted by molar-refractivity contribution is 7.15. The fourth-order valence-electron chi connectivity index (χ4n) is 3.98. The van der Waals surface area contributed by atoms with E-state index in [1.807, 2.05) is 6.92 Å². The van der Waals surface area contributed by atoms with Gasteiger partial charge in [-0.05, 0) is 68.1 Å². The first kappa shape index (κ1) is 26.6. The molecule has 10 heteroatoms. The molecule has 1 aliphatic heterocycles. The molecule has 3 aromatic rings. The van der Waals surface area contributed by atoms with Crippen molar-refractivity contribution in [1.29, 1.82) is 0 Å². The number of carbonyl (C=O) groups is 2. The number of aromatic nitrogens is 2. The van der Waals surface area contributed by atoms with Crippen LogP contribution in [0.25, 0.3) is 5.76 Å². The second-order valence-electron chi connectivity index (χ2n) is 8.95. The second kappa shape index (κ2) is 11.3. The van der Waals surface area contributed by atoms with E-state index in [1.54, 1.807) is 49.4 Å². The van der Waals surface area contributed by atoms with Crippen LogP contribution in [0.5, 0.6) is 11.5 Å². The van der Waals surface area contributed by atoms with E-state index in [1.165, 1.54) is 16.2 Å². The Balaban J connectivity index is 1.85. The van der Waals surface area contributed by atoms with Crippen molar-refractivity contribution in [3.63, 3.8) is 0 Å². The van der Waals surface area contributed by atoms with Crippen molar-refractivity contribution in [1.82, 2.24) is 10.2 Å². The molecule has 2 heterocycles. The van der Waals surface area contributed by atoms with Gasteiger partial charge in [0, 0.05) is 10.6 Å². The summed E-state index contributed by atoms with van der Waals surface area (Å²) in [5.41, 5.74) is 0.859. The third kappa shape index (κ3) is 5.62. The molecule has 1 fully saturated rings. The van der Waals surface area contributed by atoms with E-state index in [2.05, 4.69) is 24.0 Å². The fourth-order valence-corrected chi connectivity index (χ4v) is 4.82. The topological polar surface area (TPSA) is 102 Å². The van der Waals surface area contributed by atoms with Crippen molar-refractivity contribution < 1.29 is 24.2 Å². The Kier molecular flexibility index (Phi) is 8.14. The minimum absolute atomic E-state index is 0.0592. The maximum Gasteiger partial charge on any atom is 0.301 e. The van der Waals surface area contributed by atoms with Crippen LogP contribution in [-0.4, -0.2) is 40.2 Å². The summed E-state index contributed by atoms with van der Waals surface area (Å²) in [4.78, 5) is 27.9. The van der Waals surface area contributed by atoms with E-state index in [0.29, 0.717) is 51.8 Å². The molecule has 0 spiro atoms. The van der Waals surface area contributed by atoms with Gasteiger partial charge in [0.25, 0.3) is 5.78 Å². The van der Waals surface area contributed by atoms with Crippen LogP contribution in [0.15, 0.2) is 48.0 Å². The Hall–Kier alpha value is -3.43. The molecular weight excluding hydrogens is 514 g/mol. The smallest absolute Gasteiger partial charge is 0.301 e. The lowest BCUT2D eigenvalue weighted by Crippen LogP contribution is -2.29. The molecule has 194 valence electrons. The molecule has 1 saturated heterocycles. The first-order valence-electron chi connectivity index (χ1n) is 12.0. The number of anilines is 1. The summed E-state index contributed by atoms with van der Waals surface area (Å²) in [5.74, 6) is -0.397. The Labute approximate surface area is 224 Å². The number of hydrogen-bond donors (Lipinski definition) is 1. The Morgan fingerprint density at radius 3 is 2.46 bits per heavy atom. The molecule has 2 aromatic carbocycles. The minimum Gasteiger partial charge on any atom is -0.507 e. The molecule has 1 aliphatic rings. The van der Waals surface area contributed by atoms with Crippen molar-refractivity contribution in [3.8, 4) is 11.5 Å². The van der Waals surface area contributed by atoms with Crippen LogP contribution in [-0.2, 0) is 9.59 Å².